The number of carbonyl (C=O) groups is 2. The van der Waals surface area contributed by atoms with Gasteiger partial charge in [0.25, 0.3) is 5.91 Å². The van der Waals surface area contributed by atoms with Gasteiger partial charge in [-0.25, -0.2) is 8.78 Å². The average molecular weight is 240 g/mol. The van der Waals surface area contributed by atoms with Gasteiger partial charge in [-0.15, -0.1) is 0 Å². The second-order valence-corrected chi connectivity index (χ2v) is 3.67. The summed E-state index contributed by atoms with van der Waals surface area (Å²) in [5.74, 6) is -2.96. The van der Waals surface area contributed by atoms with Crippen LogP contribution in [0.1, 0.15) is 10.4 Å². The summed E-state index contributed by atoms with van der Waals surface area (Å²) in [5, 5.41) is 2.53. The maximum atomic E-state index is 13.4. The topological polar surface area (TPSA) is 49.4 Å². The van der Waals surface area contributed by atoms with Crippen molar-refractivity contribution in [2.24, 2.45) is 0 Å². The molecule has 1 saturated heterocycles. The molecule has 0 bridgehead atoms. The van der Waals surface area contributed by atoms with E-state index in [1.165, 1.54) is 6.07 Å². The number of carbonyl (C=O) groups excluding carboxylic acids is 2. The van der Waals surface area contributed by atoms with Gasteiger partial charge >= 0.3 is 0 Å². The molecule has 17 heavy (non-hydrogen) atoms. The van der Waals surface area contributed by atoms with Crippen LogP contribution in [0.25, 0.3) is 0 Å². The fourth-order valence-corrected chi connectivity index (χ4v) is 1.67. The predicted molar refractivity (Wildman–Crippen MR) is 55.3 cm³/mol. The maximum Gasteiger partial charge on any atom is 0.260 e. The molecule has 0 spiro atoms. The van der Waals surface area contributed by atoms with Crippen LogP contribution in [0.5, 0.6) is 0 Å². The summed E-state index contributed by atoms with van der Waals surface area (Å²) in [6, 6.07) is 3.21. The van der Waals surface area contributed by atoms with Gasteiger partial charge in [0.1, 0.15) is 17.2 Å². The number of piperazine rings is 1. The van der Waals surface area contributed by atoms with E-state index in [1.807, 2.05) is 0 Å². The molecule has 0 saturated carbocycles. The van der Waals surface area contributed by atoms with Crippen molar-refractivity contribution in [1.82, 2.24) is 10.2 Å². The summed E-state index contributed by atoms with van der Waals surface area (Å²) < 4.78 is 26.7. The minimum Gasteiger partial charge on any atom is -0.353 e. The number of nitrogens with zero attached hydrogens (tertiary/aromatic N) is 1. The Hall–Kier alpha value is -1.98. The molecule has 2 amide bonds. The number of rotatable bonds is 1. The van der Waals surface area contributed by atoms with E-state index in [1.54, 1.807) is 0 Å². The van der Waals surface area contributed by atoms with Crippen molar-refractivity contribution < 1.29 is 18.4 Å². The molecule has 6 heteroatoms. The molecule has 1 aromatic rings. The van der Waals surface area contributed by atoms with E-state index in [4.69, 9.17) is 0 Å². The van der Waals surface area contributed by atoms with E-state index in [-0.39, 0.29) is 19.0 Å². The third-order valence-electron chi connectivity index (χ3n) is 2.50. The molecule has 1 aliphatic heterocycles. The molecule has 1 fully saturated rings. The molecular weight excluding hydrogens is 230 g/mol. The van der Waals surface area contributed by atoms with E-state index in [0.717, 1.165) is 17.0 Å². The van der Waals surface area contributed by atoms with Crippen LogP contribution < -0.4 is 5.32 Å². The van der Waals surface area contributed by atoms with Crippen molar-refractivity contribution in [2.75, 3.05) is 19.6 Å². The molecule has 1 aliphatic rings. The smallest absolute Gasteiger partial charge is 0.260 e. The highest BCUT2D eigenvalue weighted by molar-refractivity contribution is 5.97. The summed E-state index contributed by atoms with van der Waals surface area (Å²) in [4.78, 5) is 24.1. The number of nitrogens with one attached hydrogen (secondary N) is 1. The van der Waals surface area contributed by atoms with E-state index >= 15 is 0 Å². The number of amides is 2. The lowest BCUT2D eigenvalue weighted by Gasteiger charge is -2.26. The predicted octanol–water partition coefficient (Wildman–Crippen LogP) is 0.537. The Morgan fingerprint density at radius 1 is 1.29 bits per heavy atom. The van der Waals surface area contributed by atoms with Crippen molar-refractivity contribution in [1.29, 1.82) is 0 Å². The van der Waals surface area contributed by atoms with Crippen molar-refractivity contribution in [3.63, 3.8) is 0 Å². The molecule has 2 rings (SSSR count). The molecule has 0 aliphatic carbocycles. The van der Waals surface area contributed by atoms with Gasteiger partial charge in [-0.1, -0.05) is 6.07 Å². The molecular formula is C11H10F2N2O2. The van der Waals surface area contributed by atoms with Gasteiger partial charge in [-0.2, -0.15) is 0 Å². The Bertz CT molecular complexity index is 456. The molecule has 0 unspecified atom stereocenters. The Morgan fingerprint density at radius 2 is 1.94 bits per heavy atom. The van der Waals surface area contributed by atoms with E-state index in [2.05, 4.69) is 5.32 Å². The lowest BCUT2D eigenvalue weighted by molar-refractivity contribution is -0.123. The van der Waals surface area contributed by atoms with E-state index in [9.17, 15) is 18.4 Å². The zero-order chi connectivity index (χ0) is 12.4. The fourth-order valence-electron chi connectivity index (χ4n) is 1.67. The molecule has 90 valence electrons. The van der Waals surface area contributed by atoms with Gasteiger partial charge in [-0.3, -0.25) is 9.59 Å². The number of benzene rings is 1. The minimum atomic E-state index is -0.916. The summed E-state index contributed by atoms with van der Waals surface area (Å²) in [7, 11) is 0. The highest BCUT2D eigenvalue weighted by atomic mass is 19.1. The summed E-state index contributed by atoms with van der Waals surface area (Å²) >= 11 is 0. The van der Waals surface area contributed by atoms with E-state index in [0.29, 0.717) is 6.54 Å². The van der Waals surface area contributed by atoms with Gasteiger partial charge in [0.05, 0.1) is 6.54 Å². The summed E-state index contributed by atoms with van der Waals surface area (Å²) in [6.45, 7) is 0.367. The standard InChI is InChI=1S/C11H10F2N2O2/c12-7-2-1-3-8(13)10(7)11(17)15-5-4-14-9(16)6-15/h1-3H,4-6H2,(H,14,16). The van der Waals surface area contributed by atoms with Crippen LogP contribution in [0.15, 0.2) is 18.2 Å². The molecule has 4 nitrogen and oxygen atoms in total. The van der Waals surface area contributed by atoms with Gasteiger partial charge in [0, 0.05) is 13.1 Å². The van der Waals surface area contributed by atoms with E-state index < -0.39 is 23.1 Å². The van der Waals surface area contributed by atoms with Crippen LogP contribution in [-0.4, -0.2) is 36.3 Å². The largest absolute Gasteiger partial charge is 0.353 e. The molecule has 0 atom stereocenters. The first-order chi connectivity index (χ1) is 8.09. The van der Waals surface area contributed by atoms with Crippen LogP contribution in [0.3, 0.4) is 0 Å². The fraction of sp³-hybridized carbons (Fsp3) is 0.273. The van der Waals surface area contributed by atoms with Crippen LogP contribution in [0.4, 0.5) is 8.78 Å². The average Bonchev–Trinajstić information content (AvgIpc) is 2.28. The van der Waals surface area contributed by atoms with Gasteiger partial charge < -0.3 is 10.2 Å². The monoisotopic (exact) mass is 240 g/mol. The van der Waals surface area contributed by atoms with Gasteiger partial charge in [0.15, 0.2) is 0 Å². The second kappa shape index (κ2) is 4.48. The Labute approximate surface area is 96.2 Å². The Kier molecular flexibility index (Phi) is 3.03. The highest BCUT2D eigenvalue weighted by Crippen LogP contribution is 2.15. The lowest BCUT2D eigenvalue weighted by Crippen LogP contribution is -2.50. The normalized spacial score (nSPS) is 15.6. The second-order valence-electron chi connectivity index (χ2n) is 3.67. The van der Waals surface area contributed by atoms with Crippen molar-refractivity contribution in [3.8, 4) is 0 Å². The highest BCUT2D eigenvalue weighted by Gasteiger charge is 2.26. The van der Waals surface area contributed by atoms with Crippen LogP contribution >= 0.6 is 0 Å². The van der Waals surface area contributed by atoms with Crippen LogP contribution in [0.2, 0.25) is 0 Å². The number of hydrogen-bond acceptors (Lipinski definition) is 2. The summed E-state index contributed by atoms with van der Waals surface area (Å²) in [5.41, 5.74) is -0.609. The van der Waals surface area contributed by atoms with Crippen molar-refractivity contribution >= 4 is 11.8 Å². The summed E-state index contributed by atoms with van der Waals surface area (Å²) in [6.07, 6.45) is 0. The molecule has 1 aromatic carbocycles. The first-order valence-corrected chi connectivity index (χ1v) is 5.09. The third-order valence-corrected chi connectivity index (χ3v) is 2.50. The molecule has 0 aromatic heterocycles. The Balaban J connectivity index is 2.27. The third kappa shape index (κ3) is 2.25. The zero-order valence-electron chi connectivity index (χ0n) is 8.87. The van der Waals surface area contributed by atoms with Crippen LogP contribution in [-0.2, 0) is 4.79 Å². The first kappa shape index (κ1) is 11.5. The minimum absolute atomic E-state index is 0.174. The quantitative estimate of drug-likeness (QED) is 0.778. The van der Waals surface area contributed by atoms with Gasteiger partial charge in [-0.05, 0) is 12.1 Å². The van der Waals surface area contributed by atoms with Crippen LogP contribution in [0, 0.1) is 11.6 Å². The SMILES string of the molecule is O=C1CN(C(=O)c2c(F)cccc2F)CCN1. The number of hydrogen-bond donors (Lipinski definition) is 1. The zero-order valence-corrected chi connectivity index (χ0v) is 8.87. The van der Waals surface area contributed by atoms with Gasteiger partial charge in [0.2, 0.25) is 5.91 Å². The first-order valence-electron chi connectivity index (χ1n) is 5.09. The molecule has 1 heterocycles. The van der Waals surface area contributed by atoms with Crippen molar-refractivity contribution in [3.05, 3.63) is 35.4 Å². The molecule has 0 radical (unpaired) electrons. The lowest BCUT2D eigenvalue weighted by atomic mass is 10.1. The molecule has 1 N–H and O–H groups in total. The number of halogens is 2. The van der Waals surface area contributed by atoms with Crippen molar-refractivity contribution in [2.45, 2.75) is 0 Å². The maximum absolute atomic E-state index is 13.4. The Morgan fingerprint density at radius 3 is 2.53 bits per heavy atom.